The van der Waals surface area contributed by atoms with Gasteiger partial charge < -0.3 is 5.32 Å². The van der Waals surface area contributed by atoms with Crippen LogP contribution >= 0.6 is 0 Å². The molecule has 0 aromatic heterocycles. The topological polar surface area (TPSA) is 66.5 Å². The van der Waals surface area contributed by atoms with Gasteiger partial charge in [0.1, 0.15) is 0 Å². The first-order valence-corrected chi connectivity index (χ1v) is 8.84. The summed E-state index contributed by atoms with van der Waals surface area (Å²) < 4.78 is 0. The van der Waals surface area contributed by atoms with Crippen LogP contribution in [0, 0.1) is 0 Å². The van der Waals surface area contributed by atoms with Crippen LogP contribution in [0.3, 0.4) is 0 Å². The molecule has 1 aliphatic heterocycles. The summed E-state index contributed by atoms with van der Waals surface area (Å²) >= 11 is 0. The standard InChI is InChI=1S/C19H24N2O3/c22-17(20-10-11-21-18(23)6-3-7-19(21)24)13-14-8-9-15-4-1-2-5-16(15)12-14/h8-9,12H,1-7,10-11,13H2,(H,20,22). The van der Waals surface area contributed by atoms with Gasteiger partial charge in [-0.2, -0.15) is 0 Å². The average Bonchev–Trinajstić information content (AvgIpc) is 2.57. The number of carbonyl (C=O) groups is 3. The zero-order chi connectivity index (χ0) is 16.9. The van der Waals surface area contributed by atoms with Gasteiger partial charge in [-0.1, -0.05) is 18.2 Å². The highest BCUT2D eigenvalue weighted by Crippen LogP contribution is 2.22. The molecule has 1 aromatic carbocycles. The third-order valence-corrected chi connectivity index (χ3v) is 4.82. The molecule has 1 heterocycles. The van der Waals surface area contributed by atoms with E-state index in [0.717, 1.165) is 18.4 Å². The van der Waals surface area contributed by atoms with E-state index in [0.29, 0.717) is 32.2 Å². The smallest absolute Gasteiger partial charge is 0.229 e. The predicted octanol–water partition coefficient (Wildman–Crippen LogP) is 1.76. The number of fused-ring (bicyclic) bond motifs is 1. The number of imide groups is 1. The lowest BCUT2D eigenvalue weighted by Gasteiger charge is -2.24. The molecule has 0 spiro atoms. The van der Waals surface area contributed by atoms with Crippen LogP contribution in [0.15, 0.2) is 18.2 Å². The molecule has 5 nitrogen and oxygen atoms in total. The van der Waals surface area contributed by atoms with Gasteiger partial charge in [-0.25, -0.2) is 0 Å². The summed E-state index contributed by atoms with van der Waals surface area (Å²) in [5, 5.41) is 2.81. The summed E-state index contributed by atoms with van der Waals surface area (Å²) in [6.45, 7) is 0.592. The van der Waals surface area contributed by atoms with Gasteiger partial charge in [0.15, 0.2) is 0 Å². The molecule has 1 saturated heterocycles. The second-order valence-corrected chi connectivity index (χ2v) is 6.63. The molecule has 1 aliphatic carbocycles. The monoisotopic (exact) mass is 328 g/mol. The highest BCUT2D eigenvalue weighted by molar-refractivity contribution is 5.97. The molecular formula is C19H24N2O3. The fourth-order valence-electron chi connectivity index (χ4n) is 3.50. The Bertz CT molecular complexity index is 638. The van der Waals surface area contributed by atoms with Crippen molar-refractivity contribution in [3.63, 3.8) is 0 Å². The Hall–Kier alpha value is -2.17. The third kappa shape index (κ3) is 4.02. The normalized spacial score (nSPS) is 17.6. The first-order valence-electron chi connectivity index (χ1n) is 8.84. The minimum absolute atomic E-state index is 0.0670. The van der Waals surface area contributed by atoms with Gasteiger partial charge in [-0.3, -0.25) is 19.3 Å². The quantitative estimate of drug-likeness (QED) is 0.838. The van der Waals surface area contributed by atoms with Crippen molar-refractivity contribution in [2.24, 2.45) is 0 Å². The maximum atomic E-state index is 12.1. The van der Waals surface area contributed by atoms with Crippen LogP contribution in [-0.2, 0) is 33.6 Å². The molecular weight excluding hydrogens is 304 g/mol. The molecule has 0 unspecified atom stereocenters. The summed E-state index contributed by atoms with van der Waals surface area (Å²) in [6.07, 6.45) is 6.54. The number of nitrogens with zero attached hydrogens (tertiary/aromatic N) is 1. The average molecular weight is 328 g/mol. The Labute approximate surface area is 142 Å². The van der Waals surface area contributed by atoms with Gasteiger partial charge >= 0.3 is 0 Å². The Kier molecular flexibility index (Phi) is 5.28. The highest BCUT2D eigenvalue weighted by atomic mass is 16.2. The van der Waals surface area contributed by atoms with E-state index >= 15 is 0 Å². The van der Waals surface area contributed by atoms with E-state index in [1.165, 1.54) is 28.9 Å². The minimum Gasteiger partial charge on any atom is -0.354 e. The van der Waals surface area contributed by atoms with Crippen LogP contribution in [0.2, 0.25) is 0 Å². The molecule has 1 fully saturated rings. The Morgan fingerprint density at radius 3 is 2.42 bits per heavy atom. The molecule has 3 rings (SSSR count). The highest BCUT2D eigenvalue weighted by Gasteiger charge is 2.25. The minimum atomic E-state index is -0.129. The molecule has 0 radical (unpaired) electrons. The zero-order valence-electron chi connectivity index (χ0n) is 14.0. The summed E-state index contributed by atoms with van der Waals surface area (Å²) in [5.41, 5.74) is 3.81. The van der Waals surface area contributed by atoms with Gasteiger partial charge in [0.05, 0.1) is 6.42 Å². The van der Waals surface area contributed by atoms with E-state index in [4.69, 9.17) is 0 Å². The number of benzene rings is 1. The van der Waals surface area contributed by atoms with Crippen molar-refractivity contribution in [2.45, 2.75) is 51.4 Å². The van der Waals surface area contributed by atoms with Crippen molar-refractivity contribution < 1.29 is 14.4 Å². The van der Waals surface area contributed by atoms with Crippen LogP contribution < -0.4 is 5.32 Å². The van der Waals surface area contributed by atoms with Crippen molar-refractivity contribution in [3.05, 3.63) is 34.9 Å². The molecule has 24 heavy (non-hydrogen) atoms. The maximum Gasteiger partial charge on any atom is 0.229 e. The van der Waals surface area contributed by atoms with E-state index in [-0.39, 0.29) is 24.3 Å². The summed E-state index contributed by atoms with van der Waals surface area (Å²) in [4.78, 5) is 36.8. The number of piperidine rings is 1. The molecule has 5 heteroatoms. The molecule has 2 aliphatic rings. The molecule has 0 atom stereocenters. The largest absolute Gasteiger partial charge is 0.354 e. The van der Waals surface area contributed by atoms with E-state index in [9.17, 15) is 14.4 Å². The number of carbonyl (C=O) groups excluding carboxylic acids is 3. The maximum absolute atomic E-state index is 12.1. The fourth-order valence-corrected chi connectivity index (χ4v) is 3.50. The van der Waals surface area contributed by atoms with Gasteiger partial charge in [0.2, 0.25) is 17.7 Å². The Morgan fingerprint density at radius 1 is 0.958 bits per heavy atom. The summed E-state index contributed by atoms with van der Waals surface area (Å²) in [5.74, 6) is -0.326. The van der Waals surface area contributed by atoms with E-state index in [1.807, 2.05) is 6.07 Å². The lowest BCUT2D eigenvalue weighted by molar-refractivity contribution is -0.148. The molecule has 3 amide bonds. The van der Waals surface area contributed by atoms with Gasteiger partial charge in [-0.15, -0.1) is 0 Å². The second kappa shape index (κ2) is 7.60. The first-order chi connectivity index (χ1) is 11.6. The number of amides is 3. The third-order valence-electron chi connectivity index (χ3n) is 4.82. The number of nitrogens with one attached hydrogen (secondary N) is 1. The number of hydrogen-bond donors (Lipinski definition) is 1. The van der Waals surface area contributed by atoms with E-state index < -0.39 is 0 Å². The van der Waals surface area contributed by atoms with Gasteiger partial charge in [-0.05, 0) is 48.8 Å². The summed E-state index contributed by atoms with van der Waals surface area (Å²) in [7, 11) is 0. The van der Waals surface area contributed by atoms with Crippen molar-refractivity contribution in [1.82, 2.24) is 10.2 Å². The SMILES string of the molecule is O=C(Cc1ccc2c(c1)CCCC2)NCCN1C(=O)CCCC1=O. The van der Waals surface area contributed by atoms with E-state index in [2.05, 4.69) is 17.4 Å². The van der Waals surface area contributed by atoms with Crippen molar-refractivity contribution in [2.75, 3.05) is 13.1 Å². The van der Waals surface area contributed by atoms with Crippen LogP contribution in [0.1, 0.15) is 48.8 Å². The molecule has 0 saturated carbocycles. The Balaban J connectivity index is 1.47. The van der Waals surface area contributed by atoms with Crippen LogP contribution in [-0.4, -0.2) is 35.7 Å². The van der Waals surface area contributed by atoms with Crippen LogP contribution in [0.4, 0.5) is 0 Å². The summed E-state index contributed by atoms with van der Waals surface area (Å²) in [6, 6.07) is 6.31. The number of likely N-dealkylation sites (tertiary alicyclic amines) is 1. The second-order valence-electron chi connectivity index (χ2n) is 6.63. The predicted molar refractivity (Wildman–Crippen MR) is 90.4 cm³/mol. The van der Waals surface area contributed by atoms with E-state index in [1.54, 1.807) is 0 Å². The Morgan fingerprint density at radius 2 is 1.67 bits per heavy atom. The van der Waals surface area contributed by atoms with Crippen molar-refractivity contribution in [1.29, 1.82) is 0 Å². The van der Waals surface area contributed by atoms with Crippen molar-refractivity contribution in [3.8, 4) is 0 Å². The number of hydrogen-bond acceptors (Lipinski definition) is 3. The van der Waals surface area contributed by atoms with Crippen molar-refractivity contribution >= 4 is 17.7 Å². The number of rotatable bonds is 5. The molecule has 128 valence electrons. The zero-order valence-corrected chi connectivity index (χ0v) is 14.0. The number of aryl methyl sites for hydroxylation is 2. The van der Waals surface area contributed by atoms with Gasteiger partial charge in [0, 0.05) is 25.9 Å². The van der Waals surface area contributed by atoms with Crippen LogP contribution in [0.5, 0.6) is 0 Å². The molecule has 1 N–H and O–H groups in total. The lowest BCUT2D eigenvalue weighted by atomic mass is 9.90. The fraction of sp³-hybridized carbons (Fsp3) is 0.526. The lowest BCUT2D eigenvalue weighted by Crippen LogP contribution is -2.44. The van der Waals surface area contributed by atoms with Crippen LogP contribution in [0.25, 0.3) is 0 Å². The van der Waals surface area contributed by atoms with Gasteiger partial charge in [0.25, 0.3) is 0 Å². The first kappa shape index (κ1) is 16.7. The molecule has 1 aromatic rings. The molecule has 0 bridgehead atoms.